The first kappa shape index (κ1) is 20.0. The second kappa shape index (κ2) is 8.59. The molecule has 30 heavy (non-hydrogen) atoms. The molecule has 9 nitrogen and oxygen atoms in total. The van der Waals surface area contributed by atoms with E-state index in [1.54, 1.807) is 23.1 Å². The lowest BCUT2D eigenvalue weighted by atomic mass is 10.2. The van der Waals surface area contributed by atoms with Crippen molar-refractivity contribution in [3.63, 3.8) is 0 Å². The molecular formula is C19H15BrN6O3S. The molecule has 3 aromatic heterocycles. The van der Waals surface area contributed by atoms with Gasteiger partial charge in [0.15, 0.2) is 0 Å². The van der Waals surface area contributed by atoms with E-state index < -0.39 is 4.92 Å². The van der Waals surface area contributed by atoms with Crippen LogP contribution in [0.3, 0.4) is 0 Å². The summed E-state index contributed by atoms with van der Waals surface area (Å²) < 4.78 is 4.18. The van der Waals surface area contributed by atoms with E-state index in [-0.39, 0.29) is 11.7 Å². The summed E-state index contributed by atoms with van der Waals surface area (Å²) >= 11 is 4.69. The van der Waals surface area contributed by atoms with Gasteiger partial charge in [-0.05, 0) is 55.6 Å². The Balaban J connectivity index is 1.40. The highest BCUT2D eigenvalue weighted by Gasteiger charge is 2.14. The first-order valence-corrected chi connectivity index (χ1v) is 10.5. The Morgan fingerprint density at radius 2 is 2.03 bits per heavy atom. The number of aromatic nitrogens is 4. The van der Waals surface area contributed by atoms with Crippen LogP contribution in [0.25, 0.3) is 0 Å². The maximum absolute atomic E-state index is 12.6. The zero-order valence-corrected chi connectivity index (χ0v) is 17.8. The van der Waals surface area contributed by atoms with Crippen molar-refractivity contribution in [1.82, 2.24) is 19.6 Å². The zero-order valence-electron chi connectivity index (χ0n) is 15.4. The minimum atomic E-state index is -0.539. The SMILES string of the molecule is O=C(Nc1cccc(Cn2cc(Br)cn2)c1)c1cc(Cn2ccc([N+](=O)[O-])n2)cs1. The van der Waals surface area contributed by atoms with Crippen molar-refractivity contribution in [1.29, 1.82) is 0 Å². The Hall–Kier alpha value is -3.31. The van der Waals surface area contributed by atoms with Gasteiger partial charge in [0.25, 0.3) is 5.91 Å². The molecule has 0 spiro atoms. The predicted octanol–water partition coefficient (Wildman–Crippen LogP) is 4.16. The number of thiophene rings is 1. The highest BCUT2D eigenvalue weighted by Crippen LogP contribution is 2.19. The number of nitrogens with zero attached hydrogens (tertiary/aromatic N) is 5. The molecule has 0 aliphatic rings. The minimum absolute atomic E-state index is 0.203. The second-order valence-electron chi connectivity index (χ2n) is 6.46. The number of rotatable bonds is 7. The third-order valence-corrected chi connectivity index (χ3v) is 5.55. The summed E-state index contributed by atoms with van der Waals surface area (Å²) in [6, 6.07) is 10.7. The molecule has 0 bridgehead atoms. The van der Waals surface area contributed by atoms with Crippen LogP contribution in [0.1, 0.15) is 20.8 Å². The van der Waals surface area contributed by atoms with Gasteiger partial charge in [-0.1, -0.05) is 12.1 Å². The molecule has 0 fully saturated rings. The number of nitrogens with one attached hydrogen (secondary N) is 1. The number of hydrogen-bond donors (Lipinski definition) is 1. The third kappa shape index (κ3) is 4.81. The molecule has 4 rings (SSSR count). The first-order chi connectivity index (χ1) is 14.5. The summed E-state index contributed by atoms with van der Waals surface area (Å²) in [6.07, 6.45) is 5.15. The van der Waals surface area contributed by atoms with E-state index in [1.165, 1.54) is 22.1 Å². The molecule has 0 aliphatic carbocycles. The quantitative estimate of drug-likeness (QED) is 0.311. The molecule has 0 unspecified atom stereocenters. The maximum atomic E-state index is 12.6. The van der Waals surface area contributed by atoms with Crippen molar-refractivity contribution in [3.05, 3.63) is 91.0 Å². The third-order valence-electron chi connectivity index (χ3n) is 4.17. The van der Waals surface area contributed by atoms with Gasteiger partial charge in [-0.3, -0.25) is 9.48 Å². The lowest BCUT2D eigenvalue weighted by Gasteiger charge is -2.07. The average molecular weight is 487 g/mol. The van der Waals surface area contributed by atoms with E-state index in [1.807, 2.05) is 35.8 Å². The van der Waals surface area contributed by atoms with E-state index >= 15 is 0 Å². The van der Waals surface area contributed by atoms with Crippen LogP contribution in [-0.4, -0.2) is 30.4 Å². The Kier molecular flexibility index (Phi) is 5.72. The van der Waals surface area contributed by atoms with Crippen molar-refractivity contribution < 1.29 is 9.72 Å². The van der Waals surface area contributed by atoms with Gasteiger partial charge in [0.1, 0.15) is 0 Å². The number of carbonyl (C=O) groups excluding carboxylic acids is 1. The molecule has 152 valence electrons. The van der Waals surface area contributed by atoms with E-state index in [9.17, 15) is 14.9 Å². The highest BCUT2D eigenvalue weighted by molar-refractivity contribution is 9.10. The summed E-state index contributed by atoms with van der Waals surface area (Å²) in [4.78, 5) is 23.4. The largest absolute Gasteiger partial charge is 0.389 e. The molecule has 1 amide bonds. The first-order valence-electron chi connectivity index (χ1n) is 8.80. The summed E-state index contributed by atoms with van der Waals surface area (Å²) in [5.41, 5.74) is 2.55. The van der Waals surface area contributed by atoms with Crippen LogP contribution in [-0.2, 0) is 13.1 Å². The molecule has 1 aromatic carbocycles. The van der Waals surface area contributed by atoms with E-state index in [0.29, 0.717) is 23.7 Å². The van der Waals surface area contributed by atoms with Gasteiger partial charge in [0.2, 0.25) is 0 Å². The highest BCUT2D eigenvalue weighted by atomic mass is 79.9. The molecule has 11 heteroatoms. The molecule has 0 radical (unpaired) electrons. The van der Waals surface area contributed by atoms with Crippen molar-refractivity contribution in [2.75, 3.05) is 5.32 Å². The van der Waals surface area contributed by atoms with Gasteiger partial charge in [0.05, 0.1) is 46.0 Å². The number of hydrogen-bond acceptors (Lipinski definition) is 6. The topological polar surface area (TPSA) is 108 Å². The number of benzene rings is 1. The van der Waals surface area contributed by atoms with Crippen LogP contribution in [0, 0.1) is 10.1 Å². The molecule has 0 atom stereocenters. The summed E-state index contributed by atoms with van der Waals surface area (Å²) in [5.74, 6) is -0.415. The van der Waals surface area contributed by atoms with Gasteiger partial charge in [0, 0.05) is 11.9 Å². The minimum Gasteiger partial charge on any atom is -0.358 e. The van der Waals surface area contributed by atoms with Crippen LogP contribution < -0.4 is 5.32 Å². The number of amides is 1. The van der Waals surface area contributed by atoms with Gasteiger partial charge < -0.3 is 15.4 Å². The predicted molar refractivity (Wildman–Crippen MR) is 116 cm³/mol. The normalized spacial score (nSPS) is 10.8. The average Bonchev–Trinajstić information content (AvgIpc) is 3.44. The van der Waals surface area contributed by atoms with Gasteiger partial charge in [-0.15, -0.1) is 11.3 Å². The van der Waals surface area contributed by atoms with Crippen molar-refractivity contribution >= 4 is 44.7 Å². The fourth-order valence-corrected chi connectivity index (χ4v) is 3.98. The second-order valence-corrected chi connectivity index (χ2v) is 8.29. The lowest BCUT2D eigenvalue weighted by molar-refractivity contribution is -0.389. The Morgan fingerprint density at radius 1 is 1.20 bits per heavy atom. The molecule has 1 N–H and O–H groups in total. The van der Waals surface area contributed by atoms with Crippen molar-refractivity contribution in [2.24, 2.45) is 0 Å². The molecule has 0 aliphatic heterocycles. The van der Waals surface area contributed by atoms with Crippen LogP contribution >= 0.6 is 27.3 Å². The Bertz CT molecular complexity index is 1210. The number of anilines is 1. The number of halogens is 1. The Morgan fingerprint density at radius 3 is 2.77 bits per heavy atom. The Labute approximate surface area is 183 Å². The van der Waals surface area contributed by atoms with Crippen molar-refractivity contribution in [3.8, 4) is 0 Å². The molecule has 4 aromatic rings. The van der Waals surface area contributed by atoms with Gasteiger partial charge in [-0.2, -0.15) is 9.78 Å². The van der Waals surface area contributed by atoms with Gasteiger partial charge >= 0.3 is 5.82 Å². The van der Waals surface area contributed by atoms with Crippen molar-refractivity contribution in [2.45, 2.75) is 13.1 Å². The van der Waals surface area contributed by atoms with Crippen LogP contribution in [0.5, 0.6) is 0 Å². The van der Waals surface area contributed by atoms with E-state index in [4.69, 9.17) is 0 Å². The number of nitro groups is 1. The summed E-state index contributed by atoms with van der Waals surface area (Å²) in [6.45, 7) is 0.945. The summed E-state index contributed by atoms with van der Waals surface area (Å²) in [5, 5.41) is 23.6. The number of carbonyl (C=O) groups is 1. The monoisotopic (exact) mass is 486 g/mol. The van der Waals surface area contributed by atoms with Gasteiger partial charge in [-0.25, -0.2) is 0 Å². The van der Waals surface area contributed by atoms with Crippen LogP contribution in [0.4, 0.5) is 11.5 Å². The van der Waals surface area contributed by atoms with E-state index in [0.717, 1.165) is 15.6 Å². The molecular weight excluding hydrogens is 472 g/mol. The molecule has 3 heterocycles. The lowest BCUT2D eigenvalue weighted by Crippen LogP contribution is -2.11. The molecule has 0 saturated carbocycles. The van der Waals surface area contributed by atoms with Crippen LogP contribution in [0.15, 0.2) is 64.8 Å². The smallest absolute Gasteiger partial charge is 0.358 e. The fraction of sp³-hybridized carbons (Fsp3) is 0.105. The fourth-order valence-electron chi connectivity index (χ4n) is 2.85. The summed E-state index contributed by atoms with van der Waals surface area (Å²) in [7, 11) is 0. The zero-order chi connectivity index (χ0) is 21.1. The molecule has 0 saturated heterocycles. The standard InChI is InChI=1S/C19H15BrN6O3S/c20-15-8-21-25(11-15)9-13-2-1-3-16(6-13)22-19(27)17-7-14(12-30-17)10-24-5-4-18(23-24)26(28)29/h1-8,11-12H,9-10H2,(H,22,27). The van der Waals surface area contributed by atoms with E-state index in [2.05, 4.69) is 31.4 Å². The maximum Gasteiger partial charge on any atom is 0.389 e. The van der Waals surface area contributed by atoms with Crippen LogP contribution in [0.2, 0.25) is 0 Å².